The molecule has 0 aromatic carbocycles. The van der Waals surface area contributed by atoms with Crippen LogP contribution in [0.2, 0.25) is 0 Å². The molecule has 0 aromatic rings. The SMILES string of the molecule is O.O=C1OC=CC1Cl. The van der Waals surface area contributed by atoms with Crippen LogP contribution in [0.4, 0.5) is 0 Å². The third kappa shape index (κ3) is 1.21. The molecule has 1 rings (SSSR count). The summed E-state index contributed by atoms with van der Waals surface area (Å²) < 4.78 is 4.31. The highest BCUT2D eigenvalue weighted by atomic mass is 35.5. The maximum atomic E-state index is 10.2. The van der Waals surface area contributed by atoms with E-state index in [1.165, 1.54) is 12.3 Å². The molecule has 1 atom stereocenters. The standard InChI is InChI=1S/C4H3ClO2.H2O/c5-3-1-2-7-4(3)6;/h1-3H;1H2. The lowest BCUT2D eigenvalue weighted by Gasteiger charge is -1.87. The molecule has 1 aliphatic rings. The van der Waals surface area contributed by atoms with Crippen LogP contribution in [-0.4, -0.2) is 16.8 Å². The summed E-state index contributed by atoms with van der Waals surface area (Å²) in [6.07, 6.45) is 2.78. The van der Waals surface area contributed by atoms with Crippen molar-refractivity contribution < 1.29 is 15.0 Å². The number of halogens is 1. The predicted octanol–water partition coefficient (Wildman–Crippen LogP) is -0.160. The van der Waals surface area contributed by atoms with Crippen LogP contribution in [-0.2, 0) is 9.53 Å². The van der Waals surface area contributed by atoms with Crippen molar-refractivity contribution in [2.45, 2.75) is 5.38 Å². The summed E-state index contributed by atoms with van der Waals surface area (Å²) >= 11 is 5.30. The highest BCUT2D eigenvalue weighted by Gasteiger charge is 2.17. The number of carbonyl (C=O) groups is 1. The number of hydrogen-bond donors (Lipinski definition) is 0. The van der Waals surface area contributed by atoms with Crippen LogP contribution in [0.1, 0.15) is 0 Å². The molecule has 1 aliphatic heterocycles. The van der Waals surface area contributed by atoms with E-state index in [0.29, 0.717) is 0 Å². The van der Waals surface area contributed by atoms with Gasteiger partial charge in [-0.3, -0.25) is 0 Å². The summed E-state index contributed by atoms with van der Waals surface area (Å²) in [6, 6.07) is 0. The average Bonchev–Trinajstić information content (AvgIpc) is 1.91. The number of carbonyl (C=O) groups excluding carboxylic acids is 1. The Morgan fingerprint density at radius 1 is 1.75 bits per heavy atom. The van der Waals surface area contributed by atoms with E-state index in [-0.39, 0.29) is 11.4 Å². The van der Waals surface area contributed by atoms with Crippen LogP contribution >= 0.6 is 11.6 Å². The van der Waals surface area contributed by atoms with Gasteiger partial charge in [0.2, 0.25) is 0 Å². The molecule has 0 amide bonds. The largest absolute Gasteiger partial charge is 0.433 e. The van der Waals surface area contributed by atoms with Crippen molar-refractivity contribution >= 4 is 17.6 Å². The minimum absolute atomic E-state index is 0. The minimum atomic E-state index is -0.556. The zero-order valence-corrected chi connectivity index (χ0v) is 4.68. The number of esters is 1. The van der Waals surface area contributed by atoms with Gasteiger partial charge in [-0.05, 0) is 6.08 Å². The van der Waals surface area contributed by atoms with E-state index in [9.17, 15) is 4.79 Å². The molecule has 0 aliphatic carbocycles. The van der Waals surface area contributed by atoms with Gasteiger partial charge in [-0.1, -0.05) is 0 Å². The van der Waals surface area contributed by atoms with Gasteiger partial charge in [0.15, 0.2) is 5.38 Å². The summed E-state index contributed by atoms with van der Waals surface area (Å²) in [4.78, 5) is 10.2. The average molecular weight is 137 g/mol. The summed E-state index contributed by atoms with van der Waals surface area (Å²) in [6.45, 7) is 0. The summed E-state index contributed by atoms with van der Waals surface area (Å²) in [7, 11) is 0. The van der Waals surface area contributed by atoms with Gasteiger partial charge in [0.1, 0.15) is 0 Å². The normalized spacial score (nSPS) is 24.6. The van der Waals surface area contributed by atoms with Gasteiger partial charge < -0.3 is 10.2 Å². The molecular formula is C4H5ClO3. The summed E-state index contributed by atoms with van der Waals surface area (Å²) in [5.74, 6) is -0.387. The highest BCUT2D eigenvalue weighted by Crippen LogP contribution is 2.07. The molecule has 3 nitrogen and oxygen atoms in total. The predicted molar refractivity (Wildman–Crippen MR) is 28.5 cm³/mol. The first-order valence-corrected chi connectivity index (χ1v) is 2.25. The van der Waals surface area contributed by atoms with Gasteiger partial charge in [0.05, 0.1) is 6.26 Å². The Balaban J connectivity index is 0.000000490. The molecule has 46 valence electrons. The van der Waals surface area contributed by atoms with Crippen LogP contribution in [0, 0.1) is 0 Å². The Morgan fingerprint density at radius 3 is 2.50 bits per heavy atom. The summed E-state index contributed by atoms with van der Waals surface area (Å²) in [5, 5.41) is -0.556. The van der Waals surface area contributed by atoms with Crippen molar-refractivity contribution in [3.63, 3.8) is 0 Å². The van der Waals surface area contributed by atoms with Crippen molar-refractivity contribution in [2.75, 3.05) is 0 Å². The molecule has 4 heteroatoms. The molecule has 0 saturated carbocycles. The van der Waals surface area contributed by atoms with Gasteiger partial charge in [0.25, 0.3) is 0 Å². The first-order valence-electron chi connectivity index (χ1n) is 1.82. The van der Waals surface area contributed by atoms with E-state index in [1.54, 1.807) is 0 Å². The fourth-order valence-corrected chi connectivity index (χ4v) is 0.430. The van der Waals surface area contributed by atoms with Crippen LogP contribution in [0.3, 0.4) is 0 Å². The molecular weight excluding hydrogens is 131 g/mol. The molecule has 0 fully saturated rings. The fraction of sp³-hybridized carbons (Fsp3) is 0.250. The van der Waals surface area contributed by atoms with Crippen LogP contribution in [0.5, 0.6) is 0 Å². The molecule has 0 radical (unpaired) electrons. The van der Waals surface area contributed by atoms with Crippen LogP contribution in [0.25, 0.3) is 0 Å². The van der Waals surface area contributed by atoms with Crippen molar-refractivity contribution in [3.05, 3.63) is 12.3 Å². The van der Waals surface area contributed by atoms with E-state index in [4.69, 9.17) is 11.6 Å². The van der Waals surface area contributed by atoms with E-state index in [1.807, 2.05) is 0 Å². The Kier molecular flexibility index (Phi) is 2.51. The second-order valence-electron chi connectivity index (χ2n) is 1.17. The maximum Gasteiger partial charge on any atom is 0.332 e. The third-order valence-corrected chi connectivity index (χ3v) is 0.981. The van der Waals surface area contributed by atoms with Crippen LogP contribution < -0.4 is 0 Å². The van der Waals surface area contributed by atoms with E-state index < -0.39 is 5.38 Å². The highest BCUT2D eigenvalue weighted by molar-refractivity contribution is 6.31. The van der Waals surface area contributed by atoms with Crippen LogP contribution in [0.15, 0.2) is 12.3 Å². The maximum absolute atomic E-state index is 10.2. The second kappa shape index (κ2) is 2.69. The number of rotatable bonds is 0. The first kappa shape index (κ1) is 7.46. The van der Waals surface area contributed by atoms with Gasteiger partial charge in [0, 0.05) is 0 Å². The Bertz CT molecular complexity index is 120. The molecule has 8 heavy (non-hydrogen) atoms. The van der Waals surface area contributed by atoms with E-state index in [2.05, 4.69) is 4.74 Å². The molecule has 1 heterocycles. The summed E-state index contributed by atoms with van der Waals surface area (Å²) in [5.41, 5.74) is 0. The Morgan fingerprint density at radius 2 is 2.38 bits per heavy atom. The number of cyclic esters (lactones) is 1. The lowest BCUT2D eigenvalue weighted by molar-refractivity contribution is -0.135. The van der Waals surface area contributed by atoms with Gasteiger partial charge >= 0.3 is 5.97 Å². The zero-order valence-electron chi connectivity index (χ0n) is 3.93. The van der Waals surface area contributed by atoms with Gasteiger partial charge in [-0.25, -0.2) is 4.79 Å². The molecule has 0 bridgehead atoms. The second-order valence-corrected chi connectivity index (χ2v) is 1.64. The lowest BCUT2D eigenvalue weighted by atomic mass is 10.5. The van der Waals surface area contributed by atoms with Gasteiger partial charge in [-0.15, -0.1) is 11.6 Å². The van der Waals surface area contributed by atoms with Crippen molar-refractivity contribution in [2.24, 2.45) is 0 Å². The van der Waals surface area contributed by atoms with Crippen molar-refractivity contribution in [1.29, 1.82) is 0 Å². The Labute approximate surface area is 51.2 Å². The zero-order chi connectivity index (χ0) is 5.28. The fourth-order valence-electron chi connectivity index (χ4n) is 0.319. The minimum Gasteiger partial charge on any atom is -0.433 e. The quantitative estimate of drug-likeness (QED) is 0.343. The number of alkyl halides is 1. The molecule has 1 unspecified atom stereocenters. The number of ether oxygens (including phenoxy) is 1. The monoisotopic (exact) mass is 136 g/mol. The smallest absolute Gasteiger partial charge is 0.332 e. The Hall–Kier alpha value is -0.540. The molecule has 2 N–H and O–H groups in total. The first-order chi connectivity index (χ1) is 3.30. The molecule has 0 saturated heterocycles. The van der Waals surface area contributed by atoms with Gasteiger partial charge in [-0.2, -0.15) is 0 Å². The molecule has 0 spiro atoms. The molecule has 0 aromatic heterocycles. The topological polar surface area (TPSA) is 57.8 Å². The van der Waals surface area contributed by atoms with Crippen molar-refractivity contribution in [1.82, 2.24) is 0 Å². The lowest BCUT2D eigenvalue weighted by Crippen LogP contribution is -2.05. The number of hydrogen-bond acceptors (Lipinski definition) is 2. The van der Waals surface area contributed by atoms with E-state index in [0.717, 1.165) is 0 Å². The van der Waals surface area contributed by atoms with Crippen molar-refractivity contribution in [3.8, 4) is 0 Å². The third-order valence-electron chi connectivity index (χ3n) is 0.657. The van der Waals surface area contributed by atoms with E-state index >= 15 is 0 Å².